The third kappa shape index (κ3) is 1.64. The summed E-state index contributed by atoms with van der Waals surface area (Å²) in [7, 11) is 1.77. The molecule has 0 aromatic rings. The monoisotopic (exact) mass is 170 g/mol. The first-order valence-electron chi connectivity index (χ1n) is 4.23. The van der Waals surface area contributed by atoms with Crippen LogP contribution in [-0.4, -0.2) is 35.4 Å². The van der Waals surface area contributed by atoms with Crippen LogP contribution in [0.1, 0.15) is 26.2 Å². The van der Waals surface area contributed by atoms with Gasteiger partial charge >= 0.3 is 0 Å². The SMILES string of the molecule is CCC(=O)N1C(=O)CCCN1C. The lowest BCUT2D eigenvalue weighted by atomic mass is 10.2. The minimum atomic E-state index is -0.109. The predicted octanol–water partition coefficient (Wildman–Crippen LogP) is 0.392. The lowest BCUT2D eigenvalue weighted by Crippen LogP contribution is -2.51. The zero-order valence-electron chi connectivity index (χ0n) is 7.54. The maximum Gasteiger partial charge on any atom is 0.243 e. The smallest absolute Gasteiger partial charge is 0.243 e. The Morgan fingerprint density at radius 2 is 2.25 bits per heavy atom. The van der Waals surface area contributed by atoms with E-state index in [1.165, 1.54) is 5.01 Å². The van der Waals surface area contributed by atoms with E-state index in [9.17, 15) is 9.59 Å². The molecule has 0 spiro atoms. The third-order valence-electron chi connectivity index (χ3n) is 1.99. The molecule has 1 rings (SSSR count). The maximum atomic E-state index is 11.3. The first-order valence-corrected chi connectivity index (χ1v) is 4.23. The predicted molar refractivity (Wildman–Crippen MR) is 44.0 cm³/mol. The Morgan fingerprint density at radius 1 is 1.58 bits per heavy atom. The van der Waals surface area contributed by atoms with Crippen molar-refractivity contribution in [1.82, 2.24) is 10.0 Å². The number of amides is 2. The Bertz CT molecular complexity index is 195. The highest BCUT2D eigenvalue weighted by molar-refractivity contribution is 5.94. The molecule has 0 aliphatic carbocycles. The third-order valence-corrected chi connectivity index (χ3v) is 1.99. The number of carbonyl (C=O) groups is 2. The van der Waals surface area contributed by atoms with E-state index in [-0.39, 0.29) is 11.8 Å². The molecule has 0 bridgehead atoms. The summed E-state index contributed by atoms with van der Waals surface area (Å²) in [5.74, 6) is -0.183. The van der Waals surface area contributed by atoms with Gasteiger partial charge in [-0.3, -0.25) is 9.59 Å². The van der Waals surface area contributed by atoms with Gasteiger partial charge in [-0.05, 0) is 6.42 Å². The lowest BCUT2D eigenvalue weighted by molar-refractivity contribution is -0.166. The molecule has 0 atom stereocenters. The second-order valence-corrected chi connectivity index (χ2v) is 2.94. The van der Waals surface area contributed by atoms with Crippen molar-refractivity contribution in [2.45, 2.75) is 26.2 Å². The summed E-state index contributed by atoms with van der Waals surface area (Å²) in [6.07, 6.45) is 1.73. The number of carbonyl (C=O) groups excluding carboxylic acids is 2. The molecule has 4 nitrogen and oxygen atoms in total. The van der Waals surface area contributed by atoms with Gasteiger partial charge in [0, 0.05) is 26.4 Å². The van der Waals surface area contributed by atoms with Crippen LogP contribution in [0.3, 0.4) is 0 Å². The number of nitrogens with zero attached hydrogens (tertiary/aromatic N) is 2. The van der Waals surface area contributed by atoms with Crippen molar-refractivity contribution in [3.05, 3.63) is 0 Å². The first-order chi connectivity index (χ1) is 5.66. The molecule has 0 aromatic carbocycles. The Balaban J connectivity index is 2.69. The van der Waals surface area contributed by atoms with Crippen molar-refractivity contribution in [3.63, 3.8) is 0 Å². The summed E-state index contributed by atoms with van der Waals surface area (Å²) in [6, 6.07) is 0. The molecular weight excluding hydrogens is 156 g/mol. The summed E-state index contributed by atoms with van der Waals surface area (Å²) in [5.41, 5.74) is 0. The summed E-state index contributed by atoms with van der Waals surface area (Å²) in [4.78, 5) is 22.5. The maximum absolute atomic E-state index is 11.3. The van der Waals surface area contributed by atoms with Crippen LogP contribution < -0.4 is 0 Å². The normalized spacial score (nSPS) is 19.8. The summed E-state index contributed by atoms with van der Waals surface area (Å²) < 4.78 is 0. The summed E-state index contributed by atoms with van der Waals surface area (Å²) in [5, 5.41) is 2.95. The number of rotatable bonds is 1. The van der Waals surface area contributed by atoms with Crippen LogP contribution >= 0.6 is 0 Å². The molecular formula is C8H14N2O2. The largest absolute Gasteiger partial charge is 0.273 e. The highest BCUT2D eigenvalue weighted by atomic mass is 16.2. The highest BCUT2D eigenvalue weighted by Gasteiger charge is 2.27. The summed E-state index contributed by atoms with van der Waals surface area (Å²) in [6.45, 7) is 2.55. The highest BCUT2D eigenvalue weighted by Crippen LogP contribution is 2.11. The van der Waals surface area contributed by atoms with Gasteiger partial charge in [-0.2, -0.15) is 0 Å². The minimum Gasteiger partial charge on any atom is -0.273 e. The molecule has 1 heterocycles. The molecule has 2 amide bonds. The lowest BCUT2D eigenvalue weighted by Gasteiger charge is -2.33. The molecule has 0 aromatic heterocycles. The second kappa shape index (κ2) is 3.67. The van der Waals surface area contributed by atoms with Gasteiger partial charge in [0.1, 0.15) is 0 Å². The Hall–Kier alpha value is -0.900. The van der Waals surface area contributed by atoms with Crippen molar-refractivity contribution in [2.75, 3.05) is 13.6 Å². The van der Waals surface area contributed by atoms with Gasteiger partial charge < -0.3 is 0 Å². The Kier molecular flexibility index (Phi) is 2.81. The minimum absolute atomic E-state index is 0.0735. The van der Waals surface area contributed by atoms with E-state index >= 15 is 0 Å². The average molecular weight is 170 g/mol. The van der Waals surface area contributed by atoms with E-state index in [4.69, 9.17) is 0 Å². The molecule has 1 saturated heterocycles. The first kappa shape index (κ1) is 9.19. The van der Waals surface area contributed by atoms with Gasteiger partial charge in [-0.25, -0.2) is 10.0 Å². The molecule has 1 fully saturated rings. The molecule has 4 heteroatoms. The van der Waals surface area contributed by atoms with Crippen molar-refractivity contribution in [1.29, 1.82) is 0 Å². The van der Waals surface area contributed by atoms with E-state index in [1.807, 2.05) is 0 Å². The van der Waals surface area contributed by atoms with Gasteiger partial charge in [0.25, 0.3) is 0 Å². The number of hydrazine groups is 1. The Labute approximate surface area is 72.1 Å². The molecule has 0 N–H and O–H groups in total. The zero-order valence-corrected chi connectivity index (χ0v) is 7.54. The van der Waals surface area contributed by atoms with Crippen molar-refractivity contribution < 1.29 is 9.59 Å². The molecule has 12 heavy (non-hydrogen) atoms. The molecule has 0 saturated carbocycles. The van der Waals surface area contributed by atoms with Crippen LogP contribution in [-0.2, 0) is 9.59 Å². The van der Waals surface area contributed by atoms with Crippen molar-refractivity contribution >= 4 is 11.8 Å². The van der Waals surface area contributed by atoms with Gasteiger partial charge in [-0.1, -0.05) is 6.92 Å². The van der Waals surface area contributed by atoms with Crippen LogP contribution in [0, 0.1) is 0 Å². The fourth-order valence-electron chi connectivity index (χ4n) is 1.33. The van der Waals surface area contributed by atoms with Crippen LogP contribution in [0.4, 0.5) is 0 Å². The molecule has 1 aliphatic heterocycles. The molecule has 0 radical (unpaired) electrons. The molecule has 1 aliphatic rings. The van der Waals surface area contributed by atoms with Crippen LogP contribution in [0.15, 0.2) is 0 Å². The van der Waals surface area contributed by atoms with Crippen molar-refractivity contribution in [3.8, 4) is 0 Å². The van der Waals surface area contributed by atoms with Gasteiger partial charge in [-0.15, -0.1) is 0 Å². The van der Waals surface area contributed by atoms with Crippen LogP contribution in [0.5, 0.6) is 0 Å². The van der Waals surface area contributed by atoms with Gasteiger partial charge in [0.2, 0.25) is 11.8 Å². The number of hydrogen-bond acceptors (Lipinski definition) is 3. The molecule has 68 valence electrons. The zero-order chi connectivity index (χ0) is 9.14. The Morgan fingerprint density at radius 3 is 2.75 bits per heavy atom. The van der Waals surface area contributed by atoms with E-state index in [0.29, 0.717) is 12.8 Å². The quantitative estimate of drug-likeness (QED) is 0.571. The van der Waals surface area contributed by atoms with Crippen LogP contribution in [0.2, 0.25) is 0 Å². The number of hydrogen-bond donors (Lipinski definition) is 0. The van der Waals surface area contributed by atoms with E-state index < -0.39 is 0 Å². The topological polar surface area (TPSA) is 40.6 Å². The van der Waals surface area contributed by atoms with Gasteiger partial charge in [0.15, 0.2) is 0 Å². The van der Waals surface area contributed by atoms with Crippen LogP contribution in [0.25, 0.3) is 0 Å². The van der Waals surface area contributed by atoms with Gasteiger partial charge in [0.05, 0.1) is 0 Å². The van der Waals surface area contributed by atoms with E-state index in [2.05, 4.69) is 0 Å². The summed E-state index contributed by atoms with van der Waals surface area (Å²) >= 11 is 0. The number of imide groups is 1. The second-order valence-electron chi connectivity index (χ2n) is 2.94. The standard InChI is InChI=1S/C8H14N2O2/c1-3-7(11)10-8(12)5-4-6-9(10)2/h3-6H2,1-2H3. The molecule has 0 unspecified atom stereocenters. The fourth-order valence-corrected chi connectivity index (χ4v) is 1.33. The fraction of sp³-hybridized carbons (Fsp3) is 0.750. The van der Waals surface area contributed by atoms with E-state index in [1.54, 1.807) is 19.0 Å². The van der Waals surface area contributed by atoms with Crippen molar-refractivity contribution in [2.24, 2.45) is 0 Å². The van der Waals surface area contributed by atoms with E-state index in [0.717, 1.165) is 13.0 Å². The average Bonchev–Trinajstić information content (AvgIpc) is 2.03.